The first-order chi connectivity index (χ1) is 15.3. The molecule has 1 atom stereocenters. The van der Waals surface area contributed by atoms with Crippen LogP contribution >= 0.6 is 0 Å². The summed E-state index contributed by atoms with van der Waals surface area (Å²) < 4.78 is 2.01. The van der Waals surface area contributed by atoms with Gasteiger partial charge in [0.1, 0.15) is 0 Å². The molecule has 1 saturated heterocycles. The van der Waals surface area contributed by atoms with Gasteiger partial charge in [0.25, 0.3) is 11.8 Å². The molecule has 4 rings (SSSR count). The van der Waals surface area contributed by atoms with E-state index in [1.807, 2.05) is 45.9 Å². The minimum atomic E-state index is -0.0854. The molecule has 2 aromatic carbocycles. The molecule has 0 aliphatic carbocycles. The average molecular weight is 433 g/mol. The first kappa shape index (κ1) is 22.1. The number of amides is 2. The highest BCUT2D eigenvalue weighted by molar-refractivity contribution is 5.97. The smallest absolute Gasteiger partial charge is 0.253 e. The van der Waals surface area contributed by atoms with Crippen molar-refractivity contribution in [1.29, 1.82) is 0 Å². The minimum Gasteiger partial charge on any atom is -0.350 e. The molecular formula is C26H32N4O2. The zero-order valence-electron chi connectivity index (χ0n) is 19.2. The van der Waals surface area contributed by atoms with Crippen LogP contribution in [-0.2, 0) is 6.54 Å². The molecule has 1 unspecified atom stereocenters. The largest absolute Gasteiger partial charge is 0.350 e. The van der Waals surface area contributed by atoms with Crippen molar-refractivity contribution in [1.82, 2.24) is 19.8 Å². The van der Waals surface area contributed by atoms with Gasteiger partial charge in [0, 0.05) is 37.3 Å². The van der Waals surface area contributed by atoms with Crippen LogP contribution in [-0.4, -0.2) is 45.9 Å². The zero-order valence-corrected chi connectivity index (χ0v) is 19.2. The molecule has 168 valence electrons. The average Bonchev–Trinajstić information content (AvgIpc) is 3.11. The minimum absolute atomic E-state index is 0.0844. The monoisotopic (exact) mass is 432 g/mol. The van der Waals surface area contributed by atoms with E-state index in [-0.39, 0.29) is 17.2 Å². The lowest BCUT2D eigenvalue weighted by molar-refractivity contribution is 0.0743. The van der Waals surface area contributed by atoms with E-state index in [0.717, 1.165) is 37.0 Å². The Balaban J connectivity index is 1.41. The molecule has 0 bridgehead atoms. The maximum atomic E-state index is 13.2. The predicted octanol–water partition coefficient (Wildman–Crippen LogP) is 4.36. The summed E-state index contributed by atoms with van der Waals surface area (Å²) in [4.78, 5) is 31.9. The van der Waals surface area contributed by atoms with Crippen LogP contribution in [0.1, 0.15) is 54.3 Å². The Morgan fingerprint density at radius 1 is 1.12 bits per heavy atom. The second-order valence-corrected chi connectivity index (χ2v) is 9.74. The van der Waals surface area contributed by atoms with Crippen LogP contribution in [0.15, 0.2) is 54.9 Å². The number of imidazole rings is 1. The van der Waals surface area contributed by atoms with Crippen LogP contribution < -0.4 is 5.32 Å². The highest BCUT2D eigenvalue weighted by Crippen LogP contribution is 2.33. The molecule has 6 nitrogen and oxygen atoms in total. The maximum absolute atomic E-state index is 13.2. The van der Waals surface area contributed by atoms with Crippen molar-refractivity contribution < 1.29 is 9.59 Å². The summed E-state index contributed by atoms with van der Waals surface area (Å²) in [5.74, 6) is 0.490. The molecule has 32 heavy (non-hydrogen) atoms. The second-order valence-electron chi connectivity index (χ2n) is 9.74. The lowest BCUT2D eigenvalue weighted by atomic mass is 9.82. The van der Waals surface area contributed by atoms with Gasteiger partial charge in [0.2, 0.25) is 0 Å². The van der Waals surface area contributed by atoms with Gasteiger partial charge in [-0.05, 0) is 54.5 Å². The van der Waals surface area contributed by atoms with Gasteiger partial charge in [0.05, 0.1) is 17.4 Å². The Morgan fingerprint density at radius 3 is 2.69 bits per heavy atom. The first-order valence-corrected chi connectivity index (χ1v) is 11.4. The van der Waals surface area contributed by atoms with Crippen LogP contribution in [0.25, 0.3) is 11.0 Å². The summed E-state index contributed by atoms with van der Waals surface area (Å²) in [6.45, 7) is 9.52. The van der Waals surface area contributed by atoms with Crippen molar-refractivity contribution in [3.05, 3.63) is 66.0 Å². The van der Waals surface area contributed by atoms with E-state index >= 15 is 0 Å². The maximum Gasteiger partial charge on any atom is 0.253 e. The summed E-state index contributed by atoms with van der Waals surface area (Å²) in [5, 5.41) is 2.94. The molecule has 0 radical (unpaired) electrons. The van der Waals surface area contributed by atoms with Crippen molar-refractivity contribution >= 4 is 22.8 Å². The molecule has 1 fully saturated rings. The van der Waals surface area contributed by atoms with Crippen molar-refractivity contribution in [2.24, 2.45) is 11.3 Å². The number of rotatable bonds is 5. The van der Waals surface area contributed by atoms with E-state index in [9.17, 15) is 9.59 Å². The lowest BCUT2D eigenvalue weighted by Gasteiger charge is -2.23. The van der Waals surface area contributed by atoms with Crippen molar-refractivity contribution in [2.75, 3.05) is 19.6 Å². The summed E-state index contributed by atoms with van der Waals surface area (Å²) in [6.07, 6.45) is 3.93. The van der Waals surface area contributed by atoms with Crippen molar-refractivity contribution in [3.63, 3.8) is 0 Å². The summed E-state index contributed by atoms with van der Waals surface area (Å²) >= 11 is 0. The number of nitrogens with one attached hydrogen (secondary N) is 1. The third-order valence-electron chi connectivity index (χ3n) is 6.32. The zero-order chi connectivity index (χ0) is 22.7. The van der Waals surface area contributed by atoms with Gasteiger partial charge in [-0.25, -0.2) is 4.98 Å². The Hall–Kier alpha value is -3.15. The molecule has 6 heteroatoms. The molecule has 2 heterocycles. The van der Waals surface area contributed by atoms with Gasteiger partial charge in [-0.1, -0.05) is 39.0 Å². The lowest BCUT2D eigenvalue weighted by Crippen LogP contribution is -2.34. The van der Waals surface area contributed by atoms with Crippen LogP contribution in [0.3, 0.4) is 0 Å². The topological polar surface area (TPSA) is 67.2 Å². The van der Waals surface area contributed by atoms with Crippen LogP contribution in [0.2, 0.25) is 0 Å². The summed E-state index contributed by atoms with van der Waals surface area (Å²) in [6, 6.07) is 14.9. The molecule has 1 N–H and O–H groups in total. The molecule has 0 spiro atoms. The standard InChI is InChI=1S/C26H32N4O2/c1-19-16-26(2,3)11-13-29(17-19)25(32)21-9-10-23-22(15-21)28-18-30(23)14-12-27-24(31)20-7-5-4-6-8-20/h4-10,15,18-19H,11-14,16-17H2,1-3H3,(H,27,31). The van der Waals surface area contributed by atoms with Gasteiger partial charge in [-0.3, -0.25) is 9.59 Å². The van der Waals surface area contributed by atoms with E-state index in [0.29, 0.717) is 30.1 Å². The highest BCUT2D eigenvalue weighted by Gasteiger charge is 2.29. The fraction of sp³-hybridized carbons (Fsp3) is 0.423. The van der Waals surface area contributed by atoms with Crippen molar-refractivity contribution in [3.8, 4) is 0 Å². The van der Waals surface area contributed by atoms with Crippen molar-refractivity contribution in [2.45, 2.75) is 40.2 Å². The number of nitrogens with zero attached hydrogens (tertiary/aromatic N) is 3. The first-order valence-electron chi connectivity index (χ1n) is 11.4. The Kier molecular flexibility index (Phi) is 6.31. The third kappa shape index (κ3) is 5.01. The van der Waals surface area contributed by atoms with Crippen LogP contribution in [0, 0.1) is 11.3 Å². The number of hydrogen-bond donors (Lipinski definition) is 1. The van der Waals surface area contributed by atoms with E-state index in [1.54, 1.807) is 18.5 Å². The fourth-order valence-electron chi connectivity index (χ4n) is 4.74. The van der Waals surface area contributed by atoms with Gasteiger partial charge in [0.15, 0.2) is 0 Å². The molecule has 3 aromatic rings. The van der Waals surface area contributed by atoms with Crippen LogP contribution in [0.4, 0.5) is 0 Å². The molecular weight excluding hydrogens is 400 g/mol. The molecule has 1 aliphatic heterocycles. The van der Waals surface area contributed by atoms with E-state index in [4.69, 9.17) is 0 Å². The van der Waals surface area contributed by atoms with E-state index in [1.165, 1.54) is 0 Å². The highest BCUT2D eigenvalue weighted by atomic mass is 16.2. The van der Waals surface area contributed by atoms with Gasteiger partial charge in [-0.15, -0.1) is 0 Å². The molecule has 2 amide bonds. The SMILES string of the molecule is CC1CN(C(=O)c2ccc3c(c2)ncn3CCNC(=O)c2ccccc2)CCC(C)(C)C1. The Labute approximate surface area is 189 Å². The number of carbonyl (C=O) groups excluding carboxylic acids is 2. The number of likely N-dealkylation sites (tertiary alicyclic amines) is 1. The number of hydrogen-bond acceptors (Lipinski definition) is 3. The predicted molar refractivity (Wildman–Crippen MR) is 127 cm³/mol. The number of benzene rings is 2. The van der Waals surface area contributed by atoms with Gasteiger partial charge >= 0.3 is 0 Å². The fourth-order valence-corrected chi connectivity index (χ4v) is 4.74. The number of carbonyl (C=O) groups is 2. The third-order valence-corrected chi connectivity index (χ3v) is 6.32. The number of fused-ring (bicyclic) bond motifs is 1. The Morgan fingerprint density at radius 2 is 1.91 bits per heavy atom. The molecule has 1 aromatic heterocycles. The van der Waals surface area contributed by atoms with Gasteiger partial charge < -0.3 is 14.8 Å². The van der Waals surface area contributed by atoms with Crippen LogP contribution in [0.5, 0.6) is 0 Å². The summed E-state index contributed by atoms with van der Waals surface area (Å²) in [5.41, 5.74) is 3.37. The molecule has 0 saturated carbocycles. The normalized spacial score (nSPS) is 18.3. The second kappa shape index (κ2) is 9.15. The van der Waals surface area contributed by atoms with E-state index < -0.39 is 0 Å². The molecule has 1 aliphatic rings. The van der Waals surface area contributed by atoms with Gasteiger partial charge in [-0.2, -0.15) is 0 Å². The quantitative estimate of drug-likeness (QED) is 0.651. The Bertz CT molecular complexity index is 1100. The summed E-state index contributed by atoms with van der Waals surface area (Å²) in [7, 11) is 0. The number of aromatic nitrogens is 2. The van der Waals surface area contributed by atoms with E-state index in [2.05, 4.69) is 31.1 Å².